The fourth-order valence-corrected chi connectivity index (χ4v) is 7.28. The molecule has 3 N–H and O–H groups in total. The van der Waals surface area contributed by atoms with Gasteiger partial charge in [0.25, 0.3) is 0 Å². The molecule has 0 bridgehead atoms. The number of aliphatic hydroxyl groups excluding tert-OH is 1. The van der Waals surface area contributed by atoms with Crippen LogP contribution in [0, 0.1) is 34.5 Å². The van der Waals surface area contributed by atoms with Crippen LogP contribution < -0.4 is 5.73 Å². The number of nitrogens with two attached hydrogens (primary N) is 1. The zero-order valence-electron chi connectivity index (χ0n) is 13.9. The van der Waals surface area contributed by atoms with Crippen LogP contribution in [-0.4, -0.2) is 17.3 Å². The van der Waals surface area contributed by atoms with Gasteiger partial charge in [-0.1, -0.05) is 13.8 Å². The summed E-state index contributed by atoms with van der Waals surface area (Å²) in [6.07, 6.45) is 11.5. The molecule has 4 unspecified atom stereocenters. The molecule has 120 valence electrons. The molecule has 4 rings (SSSR count). The zero-order valence-corrected chi connectivity index (χ0v) is 13.9. The summed E-state index contributed by atoms with van der Waals surface area (Å²) in [5, 5.41) is 10.1. The van der Waals surface area contributed by atoms with Gasteiger partial charge in [0.15, 0.2) is 0 Å². The Balaban J connectivity index is 1.62. The third-order valence-corrected chi connectivity index (χ3v) is 8.71. The fraction of sp³-hybridized carbons (Fsp3) is 1.00. The van der Waals surface area contributed by atoms with Crippen molar-refractivity contribution >= 4 is 0 Å². The van der Waals surface area contributed by atoms with Gasteiger partial charge in [0, 0.05) is 6.04 Å². The van der Waals surface area contributed by atoms with Gasteiger partial charge < -0.3 is 10.8 Å². The van der Waals surface area contributed by atoms with Gasteiger partial charge in [0.1, 0.15) is 0 Å². The Bertz CT molecular complexity index is 424. The Hall–Kier alpha value is -0.0800. The van der Waals surface area contributed by atoms with E-state index in [4.69, 9.17) is 5.73 Å². The topological polar surface area (TPSA) is 46.2 Å². The van der Waals surface area contributed by atoms with Crippen LogP contribution in [0.15, 0.2) is 0 Å². The van der Waals surface area contributed by atoms with Gasteiger partial charge in [-0.2, -0.15) is 0 Å². The largest absolute Gasteiger partial charge is 0.393 e. The molecular weight excluding hydrogens is 258 g/mol. The van der Waals surface area contributed by atoms with E-state index in [0.717, 1.165) is 36.5 Å². The molecule has 4 aliphatic carbocycles. The van der Waals surface area contributed by atoms with E-state index in [1.807, 2.05) is 0 Å². The van der Waals surface area contributed by atoms with E-state index in [9.17, 15) is 5.11 Å². The van der Waals surface area contributed by atoms with Gasteiger partial charge in [-0.15, -0.1) is 0 Å². The molecule has 0 amide bonds. The minimum atomic E-state index is -0.0200. The van der Waals surface area contributed by atoms with E-state index < -0.39 is 0 Å². The molecule has 21 heavy (non-hydrogen) atoms. The van der Waals surface area contributed by atoms with Crippen molar-refractivity contribution in [1.82, 2.24) is 0 Å². The number of aliphatic hydroxyl groups is 1. The minimum absolute atomic E-state index is 0.0200. The van der Waals surface area contributed by atoms with E-state index in [-0.39, 0.29) is 6.10 Å². The second kappa shape index (κ2) is 4.71. The molecule has 4 aliphatic rings. The maximum absolute atomic E-state index is 10.1. The number of fused-ring (bicyclic) bond motifs is 5. The predicted octanol–water partition coefficient (Wildman–Crippen LogP) is 3.72. The standard InChI is InChI=1S/C19H33NO/c1-18-9-7-13(21)11-12(18)3-4-14-15-5-6-17(20)19(15,2)10-8-16(14)18/h12-17,21H,3-11,20H2,1-2H3/t12?,13-,14?,15?,16?,17+,18+,19+/m1/s1. The molecule has 2 nitrogen and oxygen atoms in total. The first-order chi connectivity index (χ1) is 9.95. The van der Waals surface area contributed by atoms with Gasteiger partial charge in [0.05, 0.1) is 6.10 Å². The lowest BCUT2D eigenvalue weighted by Gasteiger charge is -2.60. The molecule has 0 aromatic carbocycles. The van der Waals surface area contributed by atoms with Crippen molar-refractivity contribution in [3.8, 4) is 0 Å². The summed E-state index contributed by atoms with van der Waals surface area (Å²) in [6, 6.07) is 0.446. The van der Waals surface area contributed by atoms with Crippen molar-refractivity contribution < 1.29 is 5.11 Å². The van der Waals surface area contributed by atoms with Crippen LogP contribution in [0.25, 0.3) is 0 Å². The van der Waals surface area contributed by atoms with Crippen molar-refractivity contribution in [2.45, 2.75) is 83.8 Å². The lowest BCUT2D eigenvalue weighted by Crippen LogP contribution is -2.55. The molecule has 0 aromatic heterocycles. The third kappa shape index (κ3) is 1.91. The lowest BCUT2D eigenvalue weighted by atomic mass is 9.45. The predicted molar refractivity (Wildman–Crippen MR) is 85.7 cm³/mol. The minimum Gasteiger partial charge on any atom is -0.393 e. The van der Waals surface area contributed by atoms with Gasteiger partial charge in [0.2, 0.25) is 0 Å². The van der Waals surface area contributed by atoms with Crippen molar-refractivity contribution in [2.75, 3.05) is 0 Å². The summed E-state index contributed by atoms with van der Waals surface area (Å²) in [5.41, 5.74) is 7.43. The summed E-state index contributed by atoms with van der Waals surface area (Å²) in [7, 11) is 0. The second-order valence-electron chi connectivity index (χ2n) is 9.31. The average Bonchev–Trinajstić information content (AvgIpc) is 2.76. The summed E-state index contributed by atoms with van der Waals surface area (Å²) in [5.74, 6) is 3.50. The highest BCUT2D eigenvalue weighted by molar-refractivity contribution is 5.10. The van der Waals surface area contributed by atoms with Crippen molar-refractivity contribution in [1.29, 1.82) is 0 Å². The number of hydrogen-bond donors (Lipinski definition) is 2. The molecule has 2 heteroatoms. The summed E-state index contributed by atoms with van der Waals surface area (Å²) in [6.45, 7) is 5.06. The Morgan fingerprint density at radius 2 is 1.57 bits per heavy atom. The molecule has 4 saturated carbocycles. The van der Waals surface area contributed by atoms with Crippen LogP contribution in [0.5, 0.6) is 0 Å². The van der Waals surface area contributed by atoms with Crippen LogP contribution in [-0.2, 0) is 0 Å². The first-order valence-corrected chi connectivity index (χ1v) is 9.39. The van der Waals surface area contributed by atoms with Crippen LogP contribution in [0.1, 0.15) is 71.6 Å². The fourth-order valence-electron chi connectivity index (χ4n) is 7.28. The van der Waals surface area contributed by atoms with Crippen molar-refractivity contribution in [2.24, 2.45) is 40.2 Å². The van der Waals surface area contributed by atoms with E-state index in [2.05, 4.69) is 13.8 Å². The highest BCUT2D eigenvalue weighted by Gasteiger charge is 2.59. The summed E-state index contributed by atoms with van der Waals surface area (Å²) in [4.78, 5) is 0. The molecule has 0 saturated heterocycles. The first-order valence-electron chi connectivity index (χ1n) is 9.39. The van der Waals surface area contributed by atoms with Crippen LogP contribution in [0.3, 0.4) is 0 Å². The van der Waals surface area contributed by atoms with Crippen molar-refractivity contribution in [3.05, 3.63) is 0 Å². The molecule has 0 heterocycles. The van der Waals surface area contributed by atoms with E-state index in [1.54, 1.807) is 0 Å². The van der Waals surface area contributed by atoms with Crippen LogP contribution in [0.2, 0.25) is 0 Å². The van der Waals surface area contributed by atoms with E-state index in [1.165, 1.54) is 44.9 Å². The van der Waals surface area contributed by atoms with E-state index in [0.29, 0.717) is 16.9 Å². The van der Waals surface area contributed by atoms with Crippen molar-refractivity contribution in [3.63, 3.8) is 0 Å². The van der Waals surface area contributed by atoms with Gasteiger partial charge in [-0.05, 0) is 92.3 Å². The molecule has 0 aliphatic heterocycles. The molecule has 8 atom stereocenters. The van der Waals surface area contributed by atoms with Crippen LogP contribution in [0.4, 0.5) is 0 Å². The SMILES string of the molecule is C[C@]12CC[C@@H](O)CC1CCC1C2CC[C@@]2(C)C1CC[C@@H]2N. The Labute approximate surface area is 129 Å². The maximum atomic E-state index is 10.1. The Kier molecular flexibility index (Phi) is 3.25. The first kappa shape index (κ1) is 14.5. The van der Waals surface area contributed by atoms with Gasteiger partial charge >= 0.3 is 0 Å². The van der Waals surface area contributed by atoms with Gasteiger partial charge in [-0.3, -0.25) is 0 Å². The molecule has 0 spiro atoms. The molecule has 0 aromatic rings. The van der Waals surface area contributed by atoms with Crippen LogP contribution >= 0.6 is 0 Å². The average molecular weight is 291 g/mol. The normalized spacial score (nSPS) is 60.0. The second-order valence-corrected chi connectivity index (χ2v) is 9.31. The smallest absolute Gasteiger partial charge is 0.0543 e. The monoisotopic (exact) mass is 291 g/mol. The number of rotatable bonds is 0. The Morgan fingerprint density at radius 3 is 2.38 bits per heavy atom. The number of hydrogen-bond acceptors (Lipinski definition) is 2. The van der Waals surface area contributed by atoms with Gasteiger partial charge in [-0.25, -0.2) is 0 Å². The molecule has 0 radical (unpaired) electrons. The Morgan fingerprint density at radius 1 is 0.857 bits per heavy atom. The lowest BCUT2D eigenvalue weighted by molar-refractivity contribution is -0.122. The zero-order chi connectivity index (χ0) is 14.8. The summed E-state index contributed by atoms with van der Waals surface area (Å²) >= 11 is 0. The highest BCUT2D eigenvalue weighted by Crippen LogP contribution is 2.65. The highest BCUT2D eigenvalue weighted by atomic mass is 16.3. The third-order valence-electron chi connectivity index (χ3n) is 8.71. The quantitative estimate of drug-likeness (QED) is 0.714. The summed E-state index contributed by atoms with van der Waals surface area (Å²) < 4.78 is 0. The molecule has 4 fully saturated rings. The molecular formula is C19H33NO. The van der Waals surface area contributed by atoms with E-state index >= 15 is 0 Å². The maximum Gasteiger partial charge on any atom is 0.0543 e.